The SMILES string of the molecule is CC(F)(F)c1cc(Cl)c(CCC2CC(NCC3OC3(C)C)=C3C(C(F)(F)F)=NC(C(F)(F)F)=NC3N2)c(Cl)c1. The van der Waals surface area contributed by atoms with E-state index in [0.29, 0.717) is 12.5 Å². The van der Waals surface area contributed by atoms with Crippen molar-refractivity contribution in [2.45, 2.75) is 82.2 Å². The van der Waals surface area contributed by atoms with E-state index in [4.69, 9.17) is 27.9 Å². The van der Waals surface area contributed by atoms with Crippen molar-refractivity contribution >= 4 is 34.7 Å². The second-order valence-electron chi connectivity index (χ2n) is 10.2. The number of halogens is 10. The van der Waals surface area contributed by atoms with E-state index in [0.717, 1.165) is 12.1 Å². The minimum atomic E-state index is -5.21. The summed E-state index contributed by atoms with van der Waals surface area (Å²) in [6.45, 7) is 4.39. The van der Waals surface area contributed by atoms with Crippen LogP contribution in [0.3, 0.4) is 0 Å². The zero-order chi connectivity index (χ0) is 29.1. The molecular formula is C24H24Cl2F8N4O. The molecule has 39 heavy (non-hydrogen) atoms. The predicted molar refractivity (Wildman–Crippen MR) is 131 cm³/mol. The van der Waals surface area contributed by atoms with E-state index in [1.807, 2.05) is 0 Å². The Hall–Kier alpha value is -1.96. The second-order valence-corrected chi connectivity index (χ2v) is 11.0. The van der Waals surface area contributed by atoms with Gasteiger partial charge in [-0.05, 0) is 44.4 Å². The molecular weight excluding hydrogens is 583 g/mol. The van der Waals surface area contributed by atoms with Gasteiger partial charge in [-0.25, -0.2) is 18.8 Å². The highest BCUT2D eigenvalue weighted by molar-refractivity contribution is 6.36. The molecule has 3 unspecified atom stereocenters. The van der Waals surface area contributed by atoms with Crippen LogP contribution in [0.1, 0.15) is 44.7 Å². The van der Waals surface area contributed by atoms with Gasteiger partial charge in [0, 0.05) is 52.8 Å². The van der Waals surface area contributed by atoms with Gasteiger partial charge in [-0.15, -0.1) is 0 Å². The zero-order valence-corrected chi connectivity index (χ0v) is 22.3. The maximum Gasteiger partial charge on any atom is 0.451 e. The monoisotopic (exact) mass is 606 g/mol. The maximum atomic E-state index is 13.9. The molecule has 4 rings (SSSR count). The number of rotatable bonds is 7. The van der Waals surface area contributed by atoms with Crippen molar-refractivity contribution in [1.29, 1.82) is 0 Å². The van der Waals surface area contributed by atoms with Crippen LogP contribution in [-0.2, 0) is 17.1 Å². The summed E-state index contributed by atoms with van der Waals surface area (Å²) in [4.78, 5) is 6.32. The van der Waals surface area contributed by atoms with E-state index in [9.17, 15) is 35.1 Å². The molecule has 1 aromatic rings. The van der Waals surface area contributed by atoms with Gasteiger partial charge in [0.15, 0.2) is 5.71 Å². The van der Waals surface area contributed by atoms with Gasteiger partial charge in [-0.1, -0.05) is 23.2 Å². The average Bonchev–Trinajstić information content (AvgIpc) is 3.40. The predicted octanol–water partition coefficient (Wildman–Crippen LogP) is 6.72. The van der Waals surface area contributed by atoms with Crippen LogP contribution in [0.15, 0.2) is 33.4 Å². The van der Waals surface area contributed by atoms with Crippen molar-refractivity contribution in [2.75, 3.05) is 6.54 Å². The Kier molecular flexibility index (Phi) is 7.81. The highest BCUT2D eigenvalue weighted by atomic mass is 35.5. The first-order chi connectivity index (χ1) is 17.8. The normalized spacial score (nSPS) is 25.2. The van der Waals surface area contributed by atoms with Crippen LogP contribution in [-0.4, -0.2) is 54.4 Å². The van der Waals surface area contributed by atoms with Gasteiger partial charge in [0.1, 0.15) is 12.3 Å². The summed E-state index contributed by atoms with van der Waals surface area (Å²) in [6, 6.07) is 1.48. The maximum absolute atomic E-state index is 13.9. The number of amidine groups is 1. The van der Waals surface area contributed by atoms with Crippen molar-refractivity contribution in [1.82, 2.24) is 10.6 Å². The molecule has 3 aliphatic heterocycles. The van der Waals surface area contributed by atoms with Crippen LogP contribution < -0.4 is 10.6 Å². The highest BCUT2D eigenvalue weighted by Gasteiger charge is 2.51. The van der Waals surface area contributed by atoms with E-state index in [1.165, 1.54) is 0 Å². The summed E-state index contributed by atoms with van der Waals surface area (Å²) in [6.07, 6.45) is -12.2. The number of ether oxygens (including phenoxy) is 1. The van der Waals surface area contributed by atoms with Crippen LogP contribution in [0.4, 0.5) is 35.1 Å². The number of nitrogens with one attached hydrogen (secondary N) is 2. The molecule has 1 saturated heterocycles. The Labute approximate surface area is 228 Å². The first-order valence-corrected chi connectivity index (χ1v) is 12.6. The molecule has 0 saturated carbocycles. The van der Waals surface area contributed by atoms with Gasteiger partial charge in [-0.3, -0.25) is 5.32 Å². The summed E-state index contributed by atoms with van der Waals surface area (Å²) in [7, 11) is 0. The molecule has 0 radical (unpaired) electrons. The first kappa shape index (κ1) is 30.0. The summed E-state index contributed by atoms with van der Waals surface area (Å²) >= 11 is 12.4. The minimum absolute atomic E-state index is 0.0286. The van der Waals surface area contributed by atoms with Crippen molar-refractivity contribution in [3.05, 3.63) is 44.6 Å². The lowest BCUT2D eigenvalue weighted by Crippen LogP contribution is -2.52. The summed E-state index contributed by atoms with van der Waals surface area (Å²) in [5.41, 5.74) is -2.72. The lowest BCUT2D eigenvalue weighted by atomic mass is 9.90. The molecule has 216 valence electrons. The number of epoxide rings is 1. The zero-order valence-electron chi connectivity index (χ0n) is 20.8. The smallest absolute Gasteiger partial charge is 0.385 e. The van der Waals surface area contributed by atoms with Gasteiger partial charge in [-0.2, -0.15) is 26.3 Å². The average molecular weight is 607 g/mol. The minimum Gasteiger partial charge on any atom is -0.385 e. The van der Waals surface area contributed by atoms with Gasteiger partial charge < -0.3 is 10.1 Å². The molecule has 0 bridgehead atoms. The summed E-state index contributed by atoms with van der Waals surface area (Å²) < 4.78 is 115. The molecule has 1 aromatic carbocycles. The largest absolute Gasteiger partial charge is 0.451 e. The number of aliphatic imine (C=N–C) groups is 2. The van der Waals surface area contributed by atoms with Gasteiger partial charge in [0.2, 0.25) is 5.84 Å². The fourth-order valence-corrected chi connectivity index (χ4v) is 5.21. The van der Waals surface area contributed by atoms with E-state index in [2.05, 4.69) is 20.6 Å². The van der Waals surface area contributed by atoms with Gasteiger partial charge >= 0.3 is 12.4 Å². The van der Waals surface area contributed by atoms with Crippen LogP contribution in [0.2, 0.25) is 10.0 Å². The van der Waals surface area contributed by atoms with Gasteiger partial charge in [0.25, 0.3) is 5.92 Å². The lowest BCUT2D eigenvalue weighted by Gasteiger charge is -2.36. The van der Waals surface area contributed by atoms with Crippen molar-refractivity contribution < 1.29 is 39.9 Å². The number of benzene rings is 1. The van der Waals surface area contributed by atoms with Gasteiger partial charge in [0.05, 0.1) is 5.60 Å². The Balaban J connectivity index is 1.64. The van der Waals surface area contributed by atoms with E-state index in [-0.39, 0.29) is 47.7 Å². The molecule has 0 aliphatic carbocycles. The number of hydrogen-bond acceptors (Lipinski definition) is 5. The number of hydrogen-bond donors (Lipinski definition) is 2. The highest BCUT2D eigenvalue weighted by Crippen LogP contribution is 2.39. The molecule has 1 fully saturated rings. The van der Waals surface area contributed by atoms with E-state index in [1.54, 1.807) is 13.8 Å². The fraction of sp³-hybridized carbons (Fsp3) is 0.583. The van der Waals surface area contributed by atoms with Crippen molar-refractivity contribution in [2.24, 2.45) is 9.98 Å². The Morgan fingerprint density at radius 3 is 2.13 bits per heavy atom. The fourth-order valence-electron chi connectivity index (χ4n) is 4.53. The van der Waals surface area contributed by atoms with Crippen molar-refractivity contribution in [3.63, 3.8) is 0 Å². The van der Waals surface area contributed by atoms with Crippen LogP contribution >= 0.6 is 23.2 Å². The molecule has 0 spiro atoms. The first-order valence-electron chi connectivity index (χ1n) is 11.9. The molecule has 0 amide bonds. The van der Waals surface area contributed by atoms with E-state index >= 15 is 0 Å². The molecule has 3 atom stereocenters. The third-order valence-corrected chi connectivity index (χ3v) is 7.42. The molecule has 3 aliphatic rings. The Morgan fingerprint density at radius 1 is 1.05 bits per heavy atom. The number of alkyl halides is 8. The molecule has 0 aromatic heterocycles. The molecule has 5 nitrogen and oxygen atoms in total. The van der Waals surface area contributed by atoms with Crippen LogP contribution in [0.5, 0.6) is 0 Å². The summed E-state index contributed by atoms with van der Waals surface area (Å²) in [5.74, 6) is -5.09. The Morgan fingerprint density at radius 2 is 1.64 bits per heavy atom. The summed E-state index contributed by atoms with van der Waals surface area (Å²) in [5, 5.41) is 5.61. The third kappa shape index (κ3) is 6.68. The standard InChI is InChI=1S/C24H24Cl2F8N4O/c1-21(2)16(39-21)9-35-15-8-11(4-5-12-13(25)6-10(7-14(12)26)22(3,27)28)36-19-17(15)18(23(29,30)31)37-20(38-19)24(32,33)34/h6-7,11,16,19,35-36H,4-5,8-9H2,1-3H3. The topological polar surface area (TPSA) is 61.3 Å². The van der Waals surface area contributed by atoms with E-state index < -0.39 is 58.8 Å². The third-order valence-electron chi connectivity index (χ3n) is 6.74. The molecule has 2 N–H and O–H groups in total. The van der Waals surface area contributed by atoms with Crippen LogP contribution in [0, 0.1) is 0 Å². The number of fused-ring (bicyclic) bond motifs is 1. The van der Waals surface area contributed by atoms with Crippen LogP contribution in [0.25, 0.3) is 0 Å². The lowest BCUT2D eigenvalue weighted by molar-refractivity contribution is -0.0639. The van der Waals surface area contributed by atoms with Crippen molar-refractivity contribution in [3.8, 4) is 0 Å². The number of nitrogens with zero attached hydrogens (tertiary/aromatic N) is 2. The second kappa shape index (κ2) is 10.1. The molecule has 15 heteroatoms. The molecule has 3 heterocycles. The quantitative estimate of drug-likeness (QED) is 0.267. The Bertz CT molecular complexity index is 1210.